The molecule has 2 aromatic rings. The maximum atomic E-state index is 5.13. The number of hydrogen-bond acceptors (Lipinski definition) is 2. The fourth-order valence-electron chi connectivity index (χ4n) is 1.01. The summed E-state index contributed by atoms with van der Waals surface area (Å²) < 4.78 is 5.13. The molecular formula is C9H8N2O. The van der Waals surface area contributed by atoms with Crippen LogP contribution in [0.15, 0.2) is 47.1 Å². The highest BCUT2D eigenvalue weighted by molar-refractivity contribution is 5.75. The summed E-state index contributed by atoms with van der Waals surface area (Å²) in [7, 11) is 0. The van der Waals surface area contributed by atoms with Crippen LogP contribution in [0.5, 0.6) is 0 Å². The Kier molecular flexibility index (Phi) is 1.78. The second-order valence-corrected chi connectivity index (χ2v) is 2.37. The molecule has 0 saturated carbocycles. The summed E-state index contributed by atoms with van der Waals surface area (Å²) in [5.74, 6) is 0. The number of benzene rings is 1. The van der Waals surface area contributed by atoms with Gasteiger partial charge in [-0.3, -0.25) is 0 Å². The highest BCUT2D eigenvalue weighted by atomic mass is 16.5. The van der Waals surface area contributed by atoms with Crippen LogP contribution in [0.25, 0.3) is 11.0 Å². The van der Waals surface area contributed by atoms with Gasteiger partial charge in [-0.2, -0.15) is 5.10 Å². The van der Waals surface area contributed by atoms with Crippen molar-refractivity contribution in [3.05, 3.63) is 42.6 Å². The van der Waals surface area contributed by atoms with Gasteiger partial charge in [0.05, 0.1) is 6.20 Å². The van der Waals surface area contributed by atoms with E-state index in [0.29, 0.717) is 0 Å². The Morgan fingerprint density at radius 3 is 2.92 bits per heavy atom. The monoisotopic (exact) mass is 160 g/mol. The first-order chi connectivity index (χ1) is 5.97. The van der Waals surface area contributed by atoms with Crippen molar-refractivity contribution in [1.29, 1.82) is 0 Å². The molecule has 60 valence electrons. The van der Waals surface area contributed by atoms with Crippen LogP contribution in [0, 0.1) is 0 Å². The van der Waals surface area contributed by atoms with Crippen molar-refractivity contribution in [2.75, 3.05) is 0 Å². The molecule has 1 aromatic carbocycles. The Labute approximate surface area is 69.3 Å². The zero-order chi connectivity index (χ0) is 8.23. The molecule has 1 N–H and O–H groups in total. The van der Waals surface area contributed by atoms with E-state index in [1.165, 1.54) is 0 Å². The molecule has 0 amide bonds. The molecule has 0 fully saturated rings. The lowest BCUT2D eigenvalue weighted by molar-refractivity contribution is 0.403. The largest absolute Gasteiger partial charge is 0.365 e. The fourth-order valence-corrected chi connectivity index (χ4v) is 1.01. The number of aromatic nitrogens is 2. The van der Waals surface area contributed by atoms with Gasteiger partial charge in [-0.05, 0) is 18.2 Å². The van der Waals surface area contributed by atoms with Crippen LogP contribution in [0.2, 0.25) is 0 Å². The lowest BCUT2D eigenvalue weighted by Crippen LogP contribution is -1.73. The standard InChI is InChI=1S/C9H8N2O/c1-2-6-9-8(4-1)5-3-7-10-11-12-9/h1-7,11H. The molecule has 0 unspecified atom stereocenters. The molecule has 0 spiro atoms. The SMILES string of the molecule is c1ccc2o[nH]ncccc2c1. The number of hydrogen-bond donors (Lipinski definition) is 1. The van der Waals surface area contributed by atoms with Gasteiger partial charge >= 0.3 is 0 Å². The molecule has 3 heteroatoms. The molecule has 1 aromatic heterocycles. The van der Waals surface area contributed by atoms with Crippen LogP contribution in [0.3, 0.4) is 0 Å². The third-order valence-electron chi connectivity index (χ3n) is 1.56. The van der Waals surface area contributed by atoms with Crippen molar-refractivity contribution in [3.8, 4) is 0 Å². The van der Waals surface area contributed by atoms with Crippen molar-refractivity contribution >= 4 is 11.0 Å². The van der Waals surface area contributed by atoms with Crippen LogP contribution in [0.4, 0.5) is 0 Å². The molecule has 0 aliphatic carbocycles. The fraction of sp³-hybridized carbons (Fsp3) is 0. The first kappa shape index (κ1) is 6.91. The second-order valence-electron chi connectivity index (χ2n) is 2.37. The molecule has 0 aliphatic rings. The minimum absolute atomic E-state index is 0.783. The van der Waals surface area contributed by atoms with E-state index >= 15 is 0 Å². The molecule has 2 rings (SSSR count). The highest BCUT2D eigenvalue weighted by Gasteiger charge is 1.86. The molecule has 0 saturated heterocycles. The third kappa shape index (κ3) is 1.29. The Hall–Kier alpha value is -1.77. The van der Waals surface area contributed by atoms with E-state index in [-0.39, 0.29) is 0 Å². The van der Waals surface area contributed by atoms with E-state index in [4.69, 9.17) is 4.52 Å². The average Bonchev–Trinajstić information content (AvgIpc) is 2.06. The summed E-state index contributed by atoms with van der Waals surface area (Å²) in [4.78, 5) is 0. The summed E-state index contributed by atoms with van der Waals surface area (Å²) in [6.45, 7) is 0. The van der Waals surface area contributed by atoms with Gasteiger partial charge in [0.25, 0.3) is 0 Å². The van der Waals surface area contributed by atoms with Crippen molar-refractivity contribution in [2.24, 2.45) is 0 Å². The van der Waals surface area contributed by atoms with E-state index in [2.05, 4.69) is 10.4 Å². The van der Waals surface area contributed by atoms with Gasteiger partial charge in [0.2, 0.25) is 0 Å². The van der Waals surface area contributed by atoms with Crippen LogP contribution in [0.1, 0.15) is 0 Å². The van der Waals surface area contributed by atoms with Crippen molar-refractivity contribution in [3.63, 3.8) is 0 Å². The molecule has 0 bridgehead atoms. The van der Waals surface area contributed by atoms with E-state index < -0.39 is 0 Å². The summed E-state index contributed by atoms with van der Waals surface area (Å²) in [6.07, 6.45) is 1.63. The van der Waals surface area contributed by atoms with E-state index in [9.17, 15) is 0 Å². The number of para-hydroxylation sites is 1. The number of nitrogens with one attached hydrogen (secondary N) is 1. The third-order valence-corrected chi connectivity index (χ3v) is 1.56. The molecule has 3 nitrogen and oxygen atoms in total. The maximum Gasteiger partial charge on any atom is 0.164 e. The molecular weight excluding hydrogens is 152 g/mol. The number of rotatable bonds is 0. The minimum Gasteiger partial charge on any atom is -0.365 e. The summed E-state index contributed by atoms with van der Waals surface area (Å²) in [5, 5.41) is 7.25. The van der Waals surface area contributed by atoms with Crippen molar-refractivity contribution in [1.82, 2.24) is 10.4 Å². The van der Waals surface area contributed by atoms with Gasteiger partial charge in [-0.25, -0.2) is 0 Å². The summed E-state index contributed by atoms with van der Waals surface area (Å²) >= 11 is 0. The van der Waals surface area contributed by atoms with Crippen LogP contribution < -0.4 is 0 Å². The zero-order valence-corrected chi connectivity index (χ0v) is 6.40. The Balaban J connectivity index is 2.83. The molecule has 12 heavy (non-hydrogen) atoms. The Morgan fingerprint density at radius 2 is 1.92 bits per heavy atom. The van der Waals surface area contributed by atoms with Gasteiger partial charge in [-0.15, -0.1) is 5.27 Å². The van der Waals surface area contributed by atoms with Crippen LogP contribution in [-0.4, -0.2) is 10.4 Å². The predicted octanol–water partition coefficient (Wildman–Crippen LogP) is 2.28. The molecule has 0 radical (unpaired) electrons. The van der Waals surface area contributed by atoms with Gasteiger partial charge in [0, 0.05) is 5.39 Å². The average molecular weight is 160 g/mol. The molecule has 0 aliphatic heterocycles. The quantitative estimate of drug-likeness (QED) is 0.642. The first-order valence-corrected chi connectivity index (χ1v) is 3.67. The van der Waals surface area contributed by atoms with Crippen LogP contribution in [-0.2, 0) is 0 Å². The smallest absolute Gasteiger partial charge is 0.164 e. The molecule has 0 atom stereocenters. The topological polar surface area (TPSA) is 41.8 Å². The van der Waals surface area contributed by atoms with E-state index in [1.54, 1.807) is 6.20 Å². The Morgan fingerprint density at radius 1 is 1.08 bits per heavy atom. The predicted molar refractivity (Wildman–Crippen MR) is 46.0 cm³/mol. The zero-order valence-electron chi connectivity index (χ0n) is 6.40. The minimum atomic E-state index is 0.783. The highest BCUT2D eigenvalue weighted by Crippen LogP contribution is 2.08. The number of nitrogens with zero attached hydrogens (tertiary/aromatic N) is 1. The van der Waals surface area contributed by atoms with E-state index in [1.807, 2.05) is 36.4 Å². The van der Waals surface area contributed by atoms with Gasteiger partial charge in [-0.1, -0.05) is 18.2 Å². The summed E-state index contributed by atoms with van der Waals surface area (Å²) in [5.41, 5.74) is 0.783. The normalized spacial score (nSPS) is 9.67. The van der Waals surface area contributed by atoms with Crippen molar-refractivity contribution < 1.29 is 4.52 Å². The maximum absolute atomic E-state index is 5.13. The van der Waals surface area contributed by atoms with E-state index in [0.717, 1.165) is 11.0 Å². The lowest BCUT2D eigenvalue weighted by Gasteiger charge is -1.89. The van der Waals surface area contributed by atoms with Crippen molar-refractivity contribution in [2.45, 2.75) is 0 Å². The Bertz CT molecular complexity index is 374. The lowest BCUT2D eigenvalue weighted by atomic mass is 10.2. The van der Waals surface area contributed by atoms with Gasteiger partial charge < -0.3 is 4.52 Å². The number of fused-ring (bicyclic) bond motifs is 1. The first-order valence-electron chi connectivity index (χ1n) is 3.67. The second kappa shape index (κ2) is 3.09. The van der Waals surface area contributed by atoms with Crippen LogP contribution >= 0.6 is 0 Å². The van der Waals surface area contributed by atoms with Gasteiger partial charge in [0.15, 0.2) is 5.58 Å². The number of H-pyrrole nitrogens is 1. The number of aromatic amines is 1. The molecule has 1 heterocycles. The van der Waals surface area contributed by atoms with Gasteiger partial charge in [0.1, 0.15) is 0 Å². The summed E-state index contributed by atoms with van der Waals surface area (Å²) in [6, 6.07) is 11.5.